The van der Waals surface area contributed by atoms with E-state index in [1.165, 1.54) is 23.4 Å². The minimum absolute atomic E-state index is 0.0172. The van der Waals surface area contributed by atoms with Crippen molar-refractivity contribution < 1.29 is 12.8 Å². The molecule has 2 aromatic heterocycles. The fourth-order valence-corrected chi connectivity index (χ4v) is 5.47. The van der Waals surface area contributed by atoms with Crippen molar-refractivity contribution in [1.82, 2.24) is 19.9 Å². The first-order valence-corrected chi connectivity index (χ1v) is 11.8. The Morgan fingerprint density at radius 1 is 1.30 bits per heavy atom. The molecule has 1 aliphatic rings. The van der Waals surface area contributed by atoms with Gasteiger partial charge in [0.05, 0.1) is 0 Å². The highest BCUT2D eigenvalue weighted by molar-refractivity contribution is 9.10. The van der Waals surface area contributed by atoms with Gasteiger partial charge >= 0.3 is 5.76 Å². The largest absolute Gasteiger partial charge is 0.434 e. The zero-order chi connectivity index (χ0) is 21.5. The van der Waals surface area contributed by atoms with Gasteiger partial charge < -0.3 is 4.42 Å². The van der Waals surface area contributed by atoms with Crippen LogP contribution >= 0.6 is 15.9 Å². The predicted octanol–water partition coefficient (Wildman–Crippen LogP) is 3.39. The standard InChI is InChI=1S/C20H21BrN4O4S/c1-11-6-7-13-4-3-5-15(17(11)13)12(2)18(19-23-24-20(26)29-19)25-30(27,28)16-9-8-14(21)10-22-16/h3-5,8-12,18,25H,6-7H2,1-2H3,(H,24,26). The fourth-order valence-electron chi connectivity index (χ4n) is 4.03. The van der Waals surface area contributed by atoms with Crippen molar-refractivity contribution in [2.45, 2.75) is 49.6 Å². The van der Waals surface area contributed by atoms with Gasteiger partial charge in [-0.25, -0.2) is 23.3 Å². The van der Waals surface area contributed by atoms with Crippen molar-refractivity contribution in [3.63, 3.8) is 0 Å². The molecule has 0 saturated carbocycles. The summed E-state index contributed by atoms with van der Waals surface area (Å²) in [5, 5.41) is 6.00. The van der Waals surface area contributed by atoms with E-state index in [9.17, 15) is 13.2 Å². The van der Waals surface area contributed by atoms with Crippen molar-refractivity contribution in [3.05, 3.63) is 74.1 Å². The van der Waals surface area contributed by atoms with Gasteiger partial charge in [0.2, 0.25) is 5.89 Å². The van der Waals surface area contributed by atoms with Crippen LogP contribution in [0.4, 0.5) is 0 Å². The topological polar surface area (TPSA) is 118 Å². The van der Waals surface area contributed by atoms with E-state index in [0.717, 1.165) is 18.4 Å². The maximum atomic E-state index is 13.0. The number of benzene rings is 1. The molecule has 2 heterocycles. The number of pyridine rings is 1. The van der Waals surface area contributed by atoms with Crippen molar-refractivity contribution in [2.24, 2.45) is 0 Å². The van der Waals surface area contributed by atoms with Crippen LogP contribution in [-0.4, -0.2) is 23.6 Å². The van der Waals surface area contributed by atoms with E-state index >= 15 is 0 Å². The molecule has 1 aliphatic carbocycles. The second-order valence-corrected chi connectivity index (χ2v) is 10.1. The van der Waals surface area contributed by atoms with Gasteiger partial charge in [-0.3, -0.25) is 0 Å². The molecular formula is C20H21BrN4O4S. The highest BCUT2D eigenvalue weighted by Gasteiger charge is 2.34. The summed E-state index contributed by atoms with van der Waals surface area (Å²) in [5.74, 6) is -0.723. The lowest BCUT2D eigenvalue weighted by Crippen LogP contribution is -2.33. The Bertz CT molecular complexity index is 1220. The minimum atomic E-state index is -3.99. The molecule has 0 spiro atoms. The Morgan fingerprint density at radius 2 is 2.10 bits per heavy atom. The van der Waals surface area contributed by atoms with E-state index in [0.29, 0.717) is 10.4 Å². The summed E-state index contributed by atoms with van der Waals surface area (Å²) >= 11 is 3.25. The van der Waals surface area contributed by atoms with Crippen LogP contribution in [0.2, 0.25) is 0 Å². The highest BCUT2D eigenvalue weighted by Crippen LogP contribution is 2.41. The Balaban J connectivity index is 1.76. The number of nitrogens with one attached hydrogen (secondary N) is 2. The van der Waals surface area contributed by atoms with Gasteiger partial charge in [0.25, 0.3) is 10.0 Å². The zero-order valence-electron chi connectivity index (χ0n) is 16.4. The Hall–Kier alpha value is -2.30. The third-order valence-corrected chi connectivity index (χ3v) is 7.36. The molecule has 0 aliphatic heterocycles. The molecule has 3 unspecified atom stereocenters. The van der Waals surface area contributed by atoms with Gasteiger partial charge in [-0.1, -0.05) is 32.0 Å². The normalized spacial score (nSPS) is 18.2. The second kappa shape index (κ2) is 8.09. The molecule has 1 aromatic carbocycles. The van der Waals surface area contributed by atoms with Crippen molar-refractivity contribution in [2.75, 3.05) is 0 Å². The number of hydrogen-bond donors (Lipinski definition) is 2. The van der Waals surface area contributed by atoms with Crippen LogP contribution in [0.25, 0.3) is 0 Å². The van der Waals surface area contributed by atoms with E-state index in [-0.39, 0.29) is 16.8 Å². The van der Waals surface area contributed by atoms with E-state index in [1.807, 2.05) is 19.1 Å². The molecule has 158 valence electrons. The van der Waals surface area contributed by atoms with Gasteiger partial charge in [0, 0.05) is 16.6 Å². The summed E-state index contributed by atoms with van der Waals surface area (Å²) in [7, 11) is -3.99. The van der Waals surface area contributed by atoms with Crippen LogP contribution in [-0.2, 0) is 16.4 Å². The summed E-state index contributed by atoms with van der Waals surface area (Å²) in [6, 6.07) is 8.19. The second-order valence-electron chi connectivity index (χ2n) is 7.51. The fraction of sp³-hybridized carbons (Fsp3) is 0.350. The number of rotatable bonds is 6. The van der Waals surface area contributed by atoms with Crippen LogP contribution in [0, 0.1) is 0 Å². The molecule has 0 fully saturated rings. The van der Waals surface area contributed by atoms with E-state index in [1.54, 1.807) is 6.07 Å². The summed E-state index contributed by atoms with van der Waals surface area (Å²) in [6.07, 6.45) is 3.46. The van der Waals surface area contributed by atoms with Crippen LogP contribution in [0.3, 0.4) is 0 Å². The summed E-state index contributed by atoms with van der Waals surface area (Å²) in [5.41, 5.74) is 3.51. The van der Waals surface area contributed by atoms with Gasteiger partial charge in [-0.05, 0) is 63.5 Å². The van der Waals surface area contributed by atoms with Crippen molar-refractivity contribution in [1.29, 1.82) is 0 Å². The van der Waals surface area contributed by atoms with Gasteiger partial charge in [0.15, 0.2) is 5.03 Å². The quantitative estimate of drug-likeness (QED) is 0.544. The maximum absolute atomic E-state index is 13.0. The monoisotopic (exact) mass is 492 g/mol. The van der Waals surface area contributed by atoms with Crippen molar-refractivity contribution >= 4 is 26.0 Å². The number of sulfonamides is 1. The number of hydrogen-bond acceptors (Lipinski definition) is 6. The molecule has 0 saturated heterocycles. The van der Waals surface area contributed by atoms with Gasteiger partial charge in [-0.2, -0.15) is 4.72 Å². The molecule has 3 aromatic rings. The van der Waals surface area contributed by atoms with Crippen LogP contribution in [0.1, 0.15) is 60.7 Å². The molecule has 2 N–H and O–H groups in total. The summed E-state index contributed by atoms with van der Waals surface area (Å²) in [4.78, 5) is 15.6. The lowest BCUT2D eigenvalue weighted by molar-refractivity contribution is 0.380. The molecule has 3 atom stereocenters. The lowest BCUT2D eigenvalue weighted by atomic mass is 9.86. The molecule has 4 rings (SSSR count). The Labute approximate surface area is 182 Å². The third-order valence-electron chi connectivity index (χ3n) is 5.54. The number of fused-ring (bicyclic) bond motifs is 1. The van der Waals surface area contributed by atoms with E-state index < -0.39 is 21.8 Å². The number of aromatic nitrogens is 3. The van der Waals surface area contributed by atoms with Crippen molar-refractivity contribution in [3.8, 4) is 0 Å². The first kappa shape index (κ1) is 21.0. The number of H-pyrrole nitrogens is 1. The predicted molar refractivity (Wildman–Crippen MR) is 114 cm³/mol. The number of aryl methyl sites for hydroxylation is 1. The molecular weight excluding hydrogens is 472 g/mol. The van der Waals surface area contributed by atoms with Crippen LogP contribution in [0.5, 0.6) is 0 Å². The molecule has 0 bridgehead atoms. The molecule has 30 heavy (non-hydrogen) atoms. The van der Waals surface area contributed by atoms with Crippen LogP contribution in [0.15, 0.2) is 55.2 Å². The highest BCUT2D eigenvalue weighted by atomic mass is 79.9. The first-order chi connectivity index (χ1) is 14.3. The number of aromatic amines is 1. The SMILES string of the molecule is CC1CCc2cccc(C(C)C(NS(=O)(=O)c3ccc(Br)cn3)c3n[nH]c(=O)o3)c21. The number of halogens is 1. The first-order valence-electron chi connectivity index (χ1n) is 9.57. The summed E-state index contributed by atoms with van der Waals surface area (Å²) in [6.45, 7) is 4.07. The van der Waals surface area contributed by atoms with E-state index in [4.69, 9.17) is 4.42 Å². The average Bonchev–Trinajstić information content (AvgIpc) is 3.32. The van der Waals surface area contributed by atoms with Crippen LogP contribution < -0.4 is 10.5 Å². The van der Waals surface area contributed by atoms with E-state index in [2.05, 4.69) is 48.8 Å². The maximum Gasteiger partial charge on any atom is 0.434 e. The van der Waals surface area contributed by atoms with Gasteiger partial charge in [-0.15, -0.1) is 5.10 Å². The Morgan fingerprint density at radius 3 is 2.77 bits per heavy atom. The summed E-state index contributed by atoms with van der Waals surface area (Å²) < 4.78 is 34.5. The molecule has 8 nitrogen and oxygen atoms in total. The molecule has 10 heteroatoms. The zero-order valence-corrected chi connectivity index (χ0v) is 18.8. The smallest absolute Gasteiger partial charge is 0.391 e. The molecule has 0 amide bonds. The third kappa shape index (κ3) is 3.99. The number of nitrogens with zero attached hydrogens (tertiary/aromatic N) is 2. The average molecular weight is 493 g/mol. The molecule has 0 radical (unpaired) electrons. The lowest BCUT2D eigenvalue weighted by Gasteiger charge is -2.25. The Kier molecular flexibility index (Phi) is 5.65. The van der Waals surface area contributed by atoms with Gasteiger partial charge in [0.1, 0.15) is 6.04 Å². The minimum Gasteiger partial charge on any atom is -0.391 e.